The van der Waals surface area contributed by atoms with E-state index in [1.54, 1.807) is 0 Å². The van der Waals surface area contributed by atoms with Crippen LogP contribution in [0.2, 0.25) is 0 Å². The van der Waals surface area contributed by atoms with E-state index in [0.717, 1.165) is 0 Å². The van der Waals surface area contributed by atoms with Gasteiger partial charge in [-0.1, -0.05) is 0 Å². The number of rotatable bonds is 0. The third-order valence-corrected chi connectivity index (χ3v) is 3.78. The number of nitrogens with two attached hydrogens (primary N) is 1. The maximum Gasteiger partial charge on any atom is 0.275 e. The molecule has 0 radical (unpaired) electrons. The first-order valence-corrected chi connectivity index (χ1v) is 6.09. The Labute approximate surface area is 117 Å². The summed E-state index contributed by atoms with van der Waals surface area (Å²) in [5, 5.41) is 3.39. The lowest BCUT2D eigenvalue weighted by atomic mass is 9.87. The number of nitrogens with zero attached hydrogens (tertiary/aromatic N) is 1. The van der Waals surface area contributed by atoms with E-state index in [0.29, 0.717) is 15.8 Å². The second-order valence-corrected chi connectivity index (χ2v) is 4.83. The van der Waals surface area contributed by atoms with E-state index in [-0.39, 0.29) is 22.3 Å². The molecular weight excluding hydrogens is 274 g/mol. The molecule has 0 unspecified atom stereocenters. The number of nitrogens with one attached hydrogen (secondary N) is 1. The van der Waals surface area contributed by atoms with Gasteiger partial charge in [-0.05, 0) is 24.3 Å². The zero-order chi connectivity index (χ0) is 14.9. The predicted molar refractivity (Wildman–Crippen MR) is 70.4 cm³/mol. The normalized spacial score (nSPS) is 16.5. The summed E-state index contributed by atoms with van der Waals surface area (Å²) in [7, 11) is 0. The highest BCUT2D eigenvalue weighted by molar-refractivity contribution is 6.33. The molecule has 0 aromatic heterocycles. The van der Waals surface area contributed by atoms with Crippen LogP contribution in [-0.2, 0) is 0 Å². The van der Waals surface area contributed by atoms with Gasteiger partial charge in [0.15, 0.2) is 0 Å². The first-order valence-electron chi connectivity index (χ1n) is 6.09. The maximum atomic E-state index is 12.1. The summed E-state index contributed by atoms with van der Waals surface area (Å²) < 4.78 is 0. The highest BCUT2D eigenvalue weighted by atomic mass is 16.2. The van der Waals surface area contributed by atoms with Gasteiger partial charge in [-0.15, -0.1) is 0 Å². The van der Waals surface area contributed by atoms with E-state index in [2.05, 4.69) is 5.32 Å². The van der Waals surface area contributed by atoms with E-state index in [1.165, 1.54) is 24.3 Å². The van der Waals surface area contributed by atoms with Gasteiger partial charge in [0.05, 0.1) is 11.1 Å². The van der Waals surface area contributed by atoms with Crippen molar-refractivity contribution in [1.29, 1.82) is 0 Å². The Morgan fingerprint density at radius 3 is 1.57 bits per heavy atom. The van der Waals surface area contributed by atoms with E-state index in [1.807, 2.05) is 0 Å². The molecule has 0 saturated heterocycles. The lowest BCUT2D eigenvalue weighted by Crippen LogP contribution is -2.46. The monoisotopic (exact) mass is 281 g/mol. The van der Waals surface area contributed by atoms with Crippen molar-refractivity contribution in [3.63, 3.8) is 0 Å². The number of benzene rings is 2. The fourth-order valence-electron chi connectivity index (χ4n) is 2.82. The molecule has 3 N–H and O–H groups in total. The van der Waals surface area contributed by atoms with Crippen LogP contribution < -0.4 is 11.2 Å². The van der Waals surface area contributed by atoms with Crippen LogP contribution in [0.1, 0.15) is 41.4 Å². The molecular formula is C14H7N3O4. The molecule has 0 spiro atoms. The average Bonchev–Trinajstić information content (AvgIpc) is 2.48. The minimum Gasteiger partial charge on any atom is -0.288 e. The fraction of sp³-hybridized carbons (Fsp3) is 0. The minimum absolute atomic E-state index is 0.204. The molecule has 7 nitrogen and oxygen atoms in total. The highest BCUT2D eigenvalue weighted by Crippen LogP contribution is 2.35. The van der Waals surface area contributed by atoms with Gasteiger partial charge in [0.2, 0.25) is 0 Å². The summed E-state index contributed by atoms with van der Waals surface area (Å²) in [4.78, 5) is 48.0. The summed E-state index contributed by atoms with van der Waals surface area (Å²) in [6, 6.07) is 5.78. The van der Waals surface area contributed by atoms with Gasteiger partial charge < -0.3 is 0 Å². The van der Waals surface area contributed by atoms with Gasteiger partial charge in [0.1, 0.15) is 0 Å². The second-order valence-electron chi connectivity index (χ2n) is 4.83. The van der Waals surface area contributed by atoms with Crippen molar-refractivity contribution in [2.75, 3.05) is 0 Å². The molecule has 21 heavy (non-hydrogen) atoms. The summed E-state index contributed by atoms with van der Waals surface area (Å²) in [5.74, 6) is 3.06. The number of hydrogen-bond donors (Lipinski definition) is 2. The van der Waals surface area contributed by atoms with Crippen molar-refractivity contribution >= 4 is 34.4 Å². The first kappa shape index (κ1) is 11.7. The molecule has 0 bridgehead atoms. The first-order chi connectivity index (χ1) is 10.0. The van der Waals surface area contributed by atoms with Crippen LogP contribution in [0.15, 0.2) is 24.3 Å². The quantitative estimate of drug-likeness (QED) is 0.407. The van der Waals surface area contributed by atoms with E-state index in [9.17, 15) is 19.2 Å². The zero-order valence-electron chi connectivity index (χ0n) is 10.5. The minimum atomic E-state index is -0.658. The number of hydrogen-bond acceptors (Lipinski definition) is 5. The van der Waals surface area contributed by atoms with Crippen molar-refractivity contribution in [2.24, 2.45) is 5.84 Å². The third-order valence-electron chi connectivity index (χ3n) is 3.78. The number of amides is 4. The van der Waals surface area contributed by atoms with Gasteiger partial charge in [0.25, 0.3) is 23.6 Å². The summed E-state index contributed by atoms with van der Waals surface area (Å²) in [5.41, 5.74) is 0.929. The second kappa shape index (κ2) is 3.53. The van der Waals surface area contributed by atoms with Gasteiger partial charge in [-0.3, -0.25) is 24.5 Å². The maximum absolute atomic E-state index is 12.1. The standard InChI is InChI=1S/C14H7N3O4/c15-17-13(20)7-3-1-5-9-6(12(19)16-11(5)18)2-4-8(10(7)9)14(17)21/h1-4H,15H2,(H,16,18,19). The van der Waals surface area contributed by atoms with E-state index >= 15 is 0 Å². The zero-order valence-corrected chi connectivity index (χ0v) is 10.5. The molecule has 4 amide bonds. The van der Waals surface area contributed by atoms with Crippen molar-refractivity contribution in [3.8, 4) is 0 Å². The van der Waals surface area contributed by atoms with E-state index < -0.39 is 23.6 Å². The topological polar surface area (TPSA) is 110 Å². The Kier molecular flexibility index (Phi) is 1.97. The lowest BCUT2D eigenvalue weighted by molar-refractivity contribution is 0.0608. The number of carbonyl (C=O) groups is 4. The van der Waals surface area contributed by atoms with Crippen LogP contribution in [0.3, 0.4) is 0 Å². The molecule has 4 rings (SSSR count). The Balaban J connectivity index is 2.26. The van der Waals surface area contributed by atoms with Crippen molar-refractivity contribution < 1.29 is 19.2 Å². The van der Waals surface area contributed by atoms with Crippen LogP contribution >= 0.6 is 0 Å². The van der Waals surface area contributed by atoms with Crippen LogP contribution in [0.25, 0.3) is 10.8 Å². The smallest absolute Gasteiger partial charge is 0.275 e. The lowest BCUT2D eigenvalue weighted by Gasteiger charge is -2.26. The van der Waals surface area contributed by atoms with Crippen LogP contribution in [0.5, 0.6) is 0 Å². The molecule has 2 aromatic carbocycles. The predicted octanol–water partition coefficient (Wildman–Crippen LogP) is 0.193. The number of hydrazine groups is 1. The van der Waals surface area contributed by atoms with Gasteiger partial charge in [0, 0.05) is 21.9 Å². The average molecular weight is 281 g/mol. The molecule has 0 saturated carbocycles. The van der Waals surface area contributed by atoms with Crippen LogP contribution in [0, 0.1) is 0 Å². The summed E-state index contributed by atoms with van der Waals surface area (Å²) in [6.07, 6.45) is 0. The van der Waals surface area contributed by atoms with Crippen molar-refractivity contribution in [2.45, 2.75) is 0 Å². The Morgan fingerprint density at radius 1 is 0.714 bits per heavy atom. The molecule has 2 aliphatic rings. The van der Waals surface area contributed by atoms with Crippen LogP contribution in [0.4, 0.5) is 0 Å². The van der Waals surface area contributed by atoms with Crippen molar-refractivity contribution in [1.82, 2.24) is 10.3 Å². The molecule has 102 valence electrons. The largest absolute Gasteiger partial charge is 0.288 e. The molecule has 0 aliphatic carbocycles. The van der Waals surface area contributed by atoms with E-state index in [4.69, 9.17) is 5.84 Å². The molecule has 2 aromatic rings. The summed E-state index contributed by atoms with van der Waals surface area (Å²) in [6.45, 7) is 0. The number of imide groups is 2. The van der Waals surface area contributed by atoms with Gasteiger partial charge in [-0.2, -0.15) is 0 Å². The molecule has 0 fully saturated rings. The molecule has 2 aliphatic heterocycles. The Morgan fingerprint density at radius 2 is 1.10 bits per heavy atom. The molecule has 2 heterocycles. The van der Waals surface area contributed by atoms with Crippen LogP contribution in [-0.4, -0.2) is 28.6 Å². The van der Waals surface area contributed by atoms with Gasteiger partial charge in [-0.25, -0.2) is 10.9 Å². The number of carbonyl (C=O) groups excluding carboxylic acids is 4. The SMILES string of the molecule is NN1C(=O)c2ccc3c4c(ccc(c24)C1=O)C(=O)NC3=O. The third kappa shape index (κ3) is 1.25. The molecule has 7 heteroatoms. The van der Waals surface area contributed by atoms with Crippen molar-refractivity contribution in [3.05, 3.63) is 46.5 Å². The Hall–Kier alpha value is -3.06. The fourth-order valence-corrected chi connectivity index (χ4v) is 2.82. The van der Waals surface area contributed by atoms with Gasteiger partial charge >= 0.3 is 0 Å². The Bertz CT molecular complexity index is 847. The highest BCUT2D eigenvalue weighted by Gasteiger charge is 2.35. The molecule has 0 atom stereocenters. The summed E-state index contributed by atoms with van der Waals surface area (Å²) >= 11 is 0.